The highest BCUT2D eigenvalue weighted by Gasteiger charge is 2.14. The van der Waals surface area contributed by atoms with Crippen LogP contribution in [0, 0.1) is 20.2 Å². The van der Waals surface area contributed by atoms with E-state index in [-0.39, 0.29) is 55.7 Å². The fourth-order valence-electron chi connectivity index (χ4n) is 3.60. The number of rotatable bonds is 8. The summed E-state index contributed by atoms with van der Waals surface area (Å²) in [6, 6.07) is 13.9. The molecule has 0 heterocycles. The largest absolute Gasteiger partial charge is 0.495 e. The molecule has 4 rings (SSSR count). The molecule has 38 heavy (non-hydrogen) atoms. The first-order valence-electron chi connectivity index (χ1n) is 10.8. The van der Waals surface area contributed by atoms with E-state index < -0.39 is 20.7 Å². The molecule has 0 radical (unpaired) electrons. The Labute approximate surface area is 212 Å². The van der Waals surface area contributed by atoms with Crippen molar-refractivity contribution in [2.45, 2.75) is 0 Å². The summed E-state index contributed by atoms with van der Waals surface area (Å²) in [5, 5.41) is 30.5. The standard InChI is InChI=1S/C24H18N6O8/c1-37-19-9-7-13(29(33)34)11-17(19)25-27-21-15-5-3-4-6-16(15)22(24(32)23(21)31)28-26-18-12-14(30(35)36)8-10-20(18)38-2/h3-12,25-26H,1-2H3/b27-21-,28-22+. The number of nitro groups is 2. The highest BCUT2D eigenvalue weighted by Crippen LogP contribution is 2.29. The van der Waals surface area contributed by atoms with Crippen molar-refractivity contribution >= 4 is 33.5 Å². The van der Waals surface area contributed by atoms with Gasteiger partial charge in [-0.2, -0.15) is 10.2 Å². The van der Waals surface area contributed by atoms with Gasteiger partial charge in [0.15, 0.2) is 0 Å². The van der Waals surface area contributed by atoms with Crippen molar-refractivity contribution < 1.29 is 19.3 Å². The zero-order chi connectivity index (χ0) is 27.4. The minimum Gasteiger partial charge on any atom is -0.495 e. The van der Waals surface area contributed by atoms with E-state index in [9.17, 15) is 29.8 Å². The second kappa shape index (κ2) is 10.5. The van der Waals surface area contributed by atoms with Gasteiger partial charge in [0.25, 0.3) is 22.2 Å². The quantitative estimate of drug-likeness (QED) is 0.199. The third-order valence-electron chi connectivity index (χ3n) is 5.44. The van der Waals surface area contributed by atoms with E-state index in [1.807, 2.05) is 0 Å². The summed E-state index contributed by atoms with van der Waals surface area (Å²) in [6.07, 6.45) is 0. The van der Waals surface area contributed by atoms with Crippen molar-refractivity contribution in [2.24, 2.45) is 10.2 Å². The molecule has 0 spiro atoms. The van der Waals surface area contributed by atoms with Crippen LogP contribution in [0.4, 0.5) is 22.7 Å². The third-order valence-corrected chi connectivity index (χ3v) is 5.44. The third kappa shape index (κ3) is 4.86. The summed E-state index contributed by atoms with van der Waals surface area (Å²) in [4.78, 5) is 47.2. The Hall–Kier alpha value is -5.66. The van der Waals surface area contributed by atoms with Gasteiger partial charge in [-0.25, -0.2) is 0 Å². The van der Waals surface area contributed by atoms with Gasteiger partial charge in [0.2, 0.25) is 0 Å². The smallest absolute Gasteiger partial charge is 0.271 e. The molecule has 0 saturated heterocycles. The molecule has 14 nitrogen and oxygen atoms in total. The highest BCUT2D eigenvalue weighted by atomic mass is 16.6. The van der Waals surface area contributed by atoms with Crippen molar-refractivity contribution in [3.8, 4) is 11.5 Å². The van der Waals surface area contributed by atoms with Crippen LogP contribution in [0.15, 0.2) is 80.5 Å². The van der Waals surface area contributed by atoms with Gasteiger partial charge in [-0.05, 0) is 12.1 Å². The first-order chi connectivity index (χ1) is 18.2. The molecule has 192 valence electrons. The van der Waals surface area contributed by atoms with Crippen LogP contribution in [-0.4, -0.2) is 24.1 Å². The maximum absolute atomic E-state index is 13.0. The lowest BCUT2D eigenvalue weighted by Gasteiger charge is -2.08. The highest BCUT2D eigenvalue weighted by molar-refractivity contribution is 5.81. The number of nitrogens with zero attached hydrogens (tertiary/aromatic N) is 4. The SMILES string of the molecule is COc1ccc([N+](=O)[O-])cc1N/N=c1\c(=O)c(=O)/c(=N/Nc2cc([N+](=O)[O-])ccc2OC)c2ccccc12. The van der Waals surface area contributed by atoms with Crippen LogP contribution in [0.5, 0.6) is 11.5 Å². The maximum Gasteiger partial charge on any atom is 0.271 e. The van der Waals surface area contributed by atoms with E-state index in [1.54, 1.807) is 24.3 Å². The van der Waals surface area contributed by atoms with Crippen molar-refractivity contribution in [1.29, 1.82) is 0 Å². The van der Waals surface area contributed by atoms with Crippen LogP contribution in [0.3, 0.4) is 0 Å². The first-order valence-corrected chi connectivity index (χ1v) is 10.8. The number of nitro benzene ring substituents is 2. The van der Waals surface area contributed by atoms with Gasteiger partial charge in [-0.3, -0.25) is 40.7 Å². The van der Waals surface area contributed by atoms with Crippen molar-refractivity contribution in [1.82, 2.24) is 0 Å². The van der Waals surface area contributed by atoms with Crippen LogP contribution in [-0.2, 0) is 0 Å². The Kier molecular flexibility index (Phi) is 7.05. The van der Waals surface area contributed by atoms with Crippen LogP contribution in [0.2, 0.25) is 0 Å². The molecule has 14 heteroatoms. The van der Waals surface area contributed by atoms with Crippen LogP contribution in [0.25, 0.3) is 10.8 Å². The predicted molar refractivity (Wildman–Crippen MR) is 137 cm³/mol. The predicted octanol–water partition coefficient (Wildman–Crippen LogP) is 2.12. The molecular weight excluding hydrogens is 500 g/mol. The van der Waals surface area contributed by atoms with E-state index in [1.165, 1.54) is 50.6 Å². The van der Waals surface area contributed by atoms with Crippen molar-refractivity contribution in [2.75, 3.05) is 25.1 Å². The minimum atomic E-state index is -0.993. The topological polar surface area (TPSA) is 188 Å². The molecule has 0 unspecified atom stereocenters. The molecule has 4 aromatic rings. The number of fused-ring (bicyclic) bond motifs is 1. The van der Waals surface area contributed by atoms with Gasteiger partial charge >= 0.3 is 0 Å². The minimum absolute atomic E-state index is 0.103. The zero-order valence-corrected chi connectivity index (χ0v) is 19.8. The molecule has 0 bridgehead atoms. The summed E-state index contributed by atoms with van der Waals surface area (Å²) >= 11 is 0. The summed E-state index contributed by atoms with van der Waals surface area (Å²) in [5.41, 5.74) is 2.89. The van der Waals surface area contributed by atoms with E-state index in [2.05, 4.69) is 21.1 Å². The molecule has 0 aliphatic rings. The van der Waals surface area contributed by atoms with Crippen molar-refractivity contribution in [3.63, 3.8) is 0 Å². The molecule has 0 saturated carbocycles. The molecule has 0 aromatic heterocycles. The first kappa shape index (κ1) is 25.4. The van der Waals surface area contributed by atoms with Gasteiger partial charge in [0.1, 0.15) is 33.6 Å². The Morgan fingerprint density at radius 3 is 1.42 bits per heavy atom. The molecular formula is C24H18N6O8. The molecule has 0 atom stereocenters. The van der Waals surface area contributed by atoms with Crippen LogP contribution < -0.4 is 41.9 Å². The number of ether oxygens (including phenoxy) is 2. The number of methoxy groups -OCH3 is 2. The summed E-state index contributed by atoms with van der Waals surface area (Å²) in [6.45, 7) is 0. The molecule has 0 aliphatic heterocycles. The van der Waals surface area contributed by atoms with Gasteiger partial charge in [0.05, 0.1) is 24.1 Å². The van der Waals surface area contributed by atoms with Crippen LogP contribution >= 0.6 is 0 Å². The van der Waals surface area contributed by atoms with Gasteiger partial charge in [0, 0.05) is 35.0 Å². The number of hydrogen-bond acceptors (Lipinski definition) is 12. The second-order valence-electron chi connectivity index (χ2n) is 7.63. The number of hydrogen-bond donors (Lipinski definition) is 2. The number of benzene rings is 4. The fourth-order valence-corrected chi connectivity index (χ4v) is 3.60. The maximum atomic E-state index is 13.0. The van der Waals surface area contributed by atoms with Gasteiger partial charge in [-0.15, -0.1) is 0 Å². The van der Waals surface area contributed by atoms with E-state index in [4.69, 9.17) is 9.47 Å². The Morgan fingerprint density at radius 2 is 1.08 bits per heavy atom. The number of anilines is 2. The molecule has 0 amide bonds. The van der Waals surface area contributed by atoms with E-state index >= 15 is 0 Å². The second-order valence-corrected chi connectivity index (χ2v) is 7.63. The Morgan fingerprint density at radius 1 is 0.684 bits per heavy atom. The Bertz CT molecular complexity index is 1680. The zero-order valence-electron chi connectivity index (χ0n) is 19.8. The lowest BCUT2D eigenvalue weighted by molar-refractivity contribution is -0.385. The summed E-state index contributed by atoms with van der Waals surface area (Å²) in [5.74, 6) is 0.445. The molecule has 0 fully saturated rings. The molecule has 2 N–H and O–H groups in total. The molecule has 4 aromatic carbocycles. The lowest BCUT2D eigenvalue weighted by Crippen LogP contribution is -2.48. The average Bonchev–Trinajstić information content (AvgIpc) is 2.92. The van der Waals surface area contributed by atoms with E-state index in [0.717, 1.165) is 0 Å². The lowest BCUT2D eigenvalue weighted by atomic mass is 10.1. The van der Waals surface area contributed by atoms with Crippen molar-refractivity contribution in [3.05, 3.63) is 112 Å². The van der Waals surface area contributed by atoms with Gasteiger partial charge in [-0.1, -0.05) is 24.3 Å². The summed E-state index contributed by atoms with van der Waals surface area (Å²) < 4.78 is 10.4. The Balaban J connectivity index is 1.87. The fraction of sp³-hybridized carbons (Fsp3) is 0.0833. The number of non-ortho nitro benzene ring substituents is 2. The normalized spacial score (nSPS) is 11.8. The average molecular weight is 518 g/mol. The van der Waals surface area contributed by atoms with Gasteiger partial charge < -0.3 is 9.47 Å². The van der Waals surface area contributed by atoms with E-state index in [0.29, 0.717) is 0 Å². The number of nitrogens with one attached hydrogen (secondary N) is 2. The molecule has 0 aliphatic carbocycles. The van der Waals surface area contributed by atoms with Crippen LogP contribution in [0.1, 0.15) is 0 Å². The summed E-state index contributed by atoms with van der Waals surface area (Å²) in [7, 11) is 2.71. The monoisotopic (exact) mass is 518 g/mol.